The highest BCUT2D eigenvalue weighted by atomic mass is 80.0. The van der Waals surface area contributed by atoms with Gasteiger partial charge in [-0.05, 0) is 11.5 Å². The summed E-state index contributed by atoms with van der Waals surface area (Å²) in [4.78, 5) is 0.512. The minimum absolute atomic E-state index is 0.512. The van der Waals surface area contributed by atoms with Gasteiger partial charge in [-0.2, -0.15) is 0 Å². The number of rotatable bonds is 1. The molecule has 0 radical (unpaired) electrons. The van der Waals surface area contributed by atoms with Crippen molar-refractivity contribution in [2.75, 3.05) is 0 Å². The monoisotopic (exact) mass is 365 g/mol. The van der Waals surface area contributed by atoms with Crippen LogP contribution in [0.15, 0.2) is 23.6 Å². The molecule has 1 aliphatic rings. The van der Waals surface area contributed by atoms with Gasteiger partial charge in [-0.25, -0.2) is 0 Å². The Hall–Kier alpha value is 1.70. The number of halogens is 3. The first-order chi connectivity index (χ1) is 4.61. The van der Waals surface area contributed by atoms with Gasteiger partial charge in [0.15, 0.2) is 51.5 Å². The van der Waals surface area contributed by atoms with E-state index in [2.05, 4.69) is 64.0 Å². The van der Waals surface area contributed by atoms with Crippen molar-refractivity contribution in [2.45, 2.75) is 4.99 Å². The molecule has 1 aliphatic heterocycles. The van der Waals surface area contributed by atoms with Crippen molar-refractivity contribution in [1.29, 1.82) is 0 Å². The van der Waals surface area contributed by atoms with Crippen LogP contribution in [-0.2, 0) is 0 Å². The van der Waals surface area contributed by atoms with Gasteiger partial charge in [0.1, 0.15) is 0 Å². The summed E-state index contributed by atoms with van der Waals surface area (Å²) in [6.45, 7) is 0. The maximum absolute atomic E-state index is 3.58. The molecule has 0 aromatic heterocycles. The third-order valence-electron chi connectivity index (χ3n) is 0.972. The van der Waals surface area contributed by atoms with Crippen molar-refractivity contribution >= 4 is 61.6 Å². The molecule has 0 bridgehead atoms. The molecule has 1 heterocycles. The first-order valence-corrected chi connectivity index (χ1v) is 11.4. The largest absolute Gasteiger partial charge is 0.238 e. The van der Waals surface area contributed by atoms with Gasteiger partial charge < -0.3 is 0 Å². The Balaban J connectivity index is 2.60. The second-order valence-electron chi connectivity index (χ2n) is 1.72. The number of thioether (sulfide) groups is 1. The van der Waals surface area contributed by atoms with Gasteiger partial charge in [0.2, 0.25) is 3.37 Å². The van der Waals surface area contributed by atoms with Crippen LogP contribution in [0.5, 0.6) is 0 Å². The average Bonchev–Trinajstić information content (AvgIpc) is 1.88. The topological polar surface area (TPSA) is 0 Å². The summed E-state index contributed by atoms with van der Waals surface area (Å²) >= 11 is 12.5. The van der Waals surface area contributed by atoms with Gasteiger partial charge in [-0.3, -0.25) is 0 Å². The van der Waals surface area contributed by atoms with Crippen LogP contribution < -0.4 is 0 Å². The Labute approximate surface area is 89.5 Å². The molecular formula is C5H5Br3PS+. The molecule has 1 rings (SSSR count). The minimum Gasteiger partial charge on any atom is -0.0831 e. The van der Waals surface area contributed by atoms with Gasteiger partial charge in [0, 0.05) is 0 Å². The molecular weight excluding hydrogens is 363 g/mol. The van der Waals surface area contributed by atoms with E-state index in [9.17, 15) is 0 Å². The van der Waals surface area contributed by atoms with Crippen molar-refractivity contribution < 1.29 is 0 Å². The highest BCUT2D eigenvalue weighted by Gasteiger charge is 2.39. The first-order valence-electron chi connectivity index (χ1n) is 2.57. The van der Waals surface area contributed by atoms with Crippen LogP contribution >= 0.6 is 61.6 Å². The summed E-state index contributed by atoms with van der Waals surface area (Å²) in [5.41, 5.74) is 0. The summed E-state index contributed by atoms with van der Waals surface area (Å²) in [6, 6.07) is 0. The van der Waals surface area contributed by atoms with E-state index in [4.69, 9.17) is 0 Å². The van der Waals surface area contributed by atoms with E-state index in [1.807, 2.05) is 17.8 Å². The molecule has 0 spiro atoms. The smallest absolute Gasteiger partial charge is 0.0831 e. The van der Waals surface area contributed by atoms with Gasteiger partial charge in [-0.1, -0.05) is 23.9 Å². The van der Waals surface area contributed by atoms with E-state index in [-0.39, 0.29) is 0 Å². The molecule has 10 heavy (non-hydrogen) atoms. The third-order valence-corrected chi connectivity index (χ3v) is 10.2. The summed E-state index contributed by atoms with van der Waals surface area (Å²) in [6.07, 6.45) is 6.29. The van der Waals surface area contributed by atoms with Gasteiger partial charge in [-0.15, -0.1) is 0 Å². The molecule has 0 saturated carbocycles. The number of hydrogen-bond acceptors (Lipinski definition) is 1. The fourth-order valence-electron chi connectivity index (χ4n) is 0.542. The van der Waals surface area contributed by atoms with E-state index in [1.54, 1.807) is 0 Å². The first kappa shape index (κ1) is 9.79. The highest BCUT2D eigenvalue weighted by molar-refractivity contribution is 9.97. The van der Waals surface area contributed by atoms with Crippen molar-refractivity contribution in [3.8, 4) is 0 Å². The summed E-state index contributed by atoms with van der Waals surface area (Å²) in [5.74, 6) is 0. The molecule has 0 fully saturated rings. The van der Waals surface area contributed by atoms with Crippen LogP contribution in [0.25, 0.3) is 0 Å². The molecule has 0 aliphatic carbocycles. The fraction of sp³-hybridized carbons (Fsp3) is 0.200. The Kier molecular flexibility index (Phi) is 4.00. The predicted octanol–water partition coefficient (Wildman–Crippen LogP) is 5.08. The molecule has 5 heteroatoms. The second kappa shape index (κ2) is 4.08. The fourth-order valence-corrected chi connectivity index (χ4v) is 5.96. The number of hydrogen-bond donors (Lipinski definition) is 0. The van der Waals surface area contributed by atoms with E-state index < -0.39 is 3.37 Å². The predicted molar refractivity (Wildman–Crippen MR) is 63.4 cm³/mol. The Morgan fingerprint density at radius 2 is 1.90 bits per heavy atom. The molecule has 0 amide bonds. The summed E-state index contributed by atoms with van der Waals surface area (Å²) in [7, 11) is 0. The zero-order chi connectivity index (χ0) is 7.61. The lowest BCUT2D eigenvalue weighted by atomic mass is 10.5. The maximum atomic E-state index is 3.58. The molecule has 0 N–H and O–H groups in total. The molecule has 0 aromatic rings. The Morgan fingerprint density at radius 3 is 2.20 bits per heavy atom. The number of allylic oxidation sites excluding steroid dienone is 2. The van der Waals surface area contributed by atoms with Gasteiger partial charge in [0.05, 0.1) is 0 Å². The van der Waals surface area contributed by atoms with Crippen LogP contribution in [0, 0.1) is 0 Å². The Bertz CT molecular complexity index is 172. The van der Waals surface area contributed by atoms with Crippen LogP contribution in [0.3, 0.4) is 0 Å². The standard InChI is InChI=1S/C5H5Br3PS/c6-9(7,8)5-3-1-2-4-10-5/h1-5H/q+1. The van der Waals surface area contributed by atoms with Crippen molar-refractivity contribution in [2.24, 2.45) is 0 Å². The van der Waals surface area contributed by atoms with Crippen LogP contribution in [0.4, 0.5) is 0 Å². The molecule has 1 atom stereocenters. The van der Waals surface area contributed by atoms with E-state index in [1.165, 1.54) is 0 Å². The quantitative estimate of drug-likeness (QED) is 0.583. The molecule has 0 aromatic carbocycles. The van der Waals surface area contributed by atoms with Crippen molar-refractivity contribution in [3.05, 3.63) is 23.6 Å². The zero-order valence-corrected chi connectivity index (χ0v) is 11.3. The van der Waals surface area contributed by atoms with Gasteiger partial charge >= 0.3 is 0 Å². The average molecular weight is 368 g/mol. The zero-order valence-electron chi connectivity index (χ0n) is 4.88. The molecule has 0 nitrogen and oxygen atoms in total. The van der Waals surface area contributed by atoms with Crippen LogP contribution in [-0.4, -0.2) is 4.99 Å². The van der Waals surface area contributed by atoms with E-state index >= 15 is 0 Å². The molecule has 1 unspecified atom stereocenters. The summed E-state index contributed by atoms with van der Waals surface area (Å²) < 4.78 is -1.23. The van der Waals surface area contributed by atoms with E-state index in [0.717, 1.165) is 0 Å². The van der Waals surface area contributed by atoms with Crippen molar-refractivity contribution in [1.82, 2.24) is 0 Å². The maximum Gasteiger partial charge on any atom is 0.238 e. The van der Waals surface area contributed by atoms with Crippen LogP contribution in [0.1, 0.15) is 0 Å². The van der Waals surface area contributed by atoms with Gasteiger partial charge in [0.25, 0.3) is 0 Å². The summed E-state index contributed by atoms with van der Waals surface area (Å²) in [5, 5.41) is 2.10. The lowest BCUT2D eigenvalue weighted by molar-refractivity contribution is 1.63. The SMILES string of the molecule is Br[P+](Br)(Br)C1C=CC=CS1. The Morgan fingerprint density at radius 1 is 1.20 bits per heavy atom. The van der Waals surface area contributed by atoms with E-state index in [0.29, 0.717) is 4.99 Å². The molecule has 0 saturated heterocycles. The lowest BCUT2D eigenvalue weighted by Gasteiger charge is -2.12. The highest BCUT2D eigenvalue weighted by Crippen LogP contribution is 2.85. The molecule has 56 valence electrons. The minimum atomic E-state index is -1.23. The normalized spacial score (nSPS) is 25.3. The van der Waals surface area contributed by atoms with Crippen molar-refractivity contribution in [3.63, 3.8) is 0 Å². The lowest BCUT2D eigenvalue weighted by Crippen LogP contribution is -1.92. The third kappa shape index (κ3) is 2.98. The van der Waals surface area contributed by atoms with Crippen LogP contribution in [0.2, 0.25) is 0 Å². The second-order valence-corrected chi connectivity index (χ2v) is 23.3.